The normalized spacial score (nSPS) is 23.1. The Morgan fingerprint density at radius 1 is 1.46 bits per heavy atom. The zero-order valence-electron chi connectivity index (χ0n) is 13.7. The molecule has 0 saturated carbocycles. The van der Waals surface area contributed by atoms with Crippen LogP contribution in [0.25, 0.3) is 0 Å². The van der Waals surface area contributed by atoms with Crippen molar-refractivity contribution in [1.82, 2.24) is 20.1 Å². The van der Waals surface area contributed by atoms with Crippen molar-refractivity contribution in [2.45, 2.75) is 25.3 Å². The van der Waals surface area contributed by atoms with Crippen molar-refractivity contribution in [3.8, 4) is 5.75 Å². The lowest BCUT2D eigenvalue weighted by Gasteiger charge is -2.22. The fraction of sp³-hybridized carbons (Fsp3) is 0.500. The summed E-state index contributed by atoms with van der Waals surface area (Å²) in [5.74, 6) is -0.161. The molecule has 1 N–H and O–H groups in total. The van der Waals surface area contributed by atoms with Crippen LogP contribution in [0, 0.1) is 0 Å². The van der Waals surface area contributed by atoms with Gasteiger partial charge in [0, 0.05) is 19.8 Å². The Labute approximate surface area is 139 Å². The number of carbonyl (C=O) groups is 3. The standard InChI is InChI=1S/C16H20N4O4/c1-3-9-24-11-5-4-7-17-12(11)13(21)20-8-6-16(10-20)14(22)19(2)15(23)18-16/h4-5,7H,3,6,8-10H2,1-2H3,(H,18,23). The Morgan fingerprint density at radius 2 is 2.25 bits per heavy atom. The Morgan fingerprint density at radius 3 is 2.92 bits per heavy atom. The van der Waals surface area contributed by atoms with E-state index in [-0.39, 0.29) is 24.1 Å². The summed E-state index contributed by atoms with van der Waals surface area (Å²) in [5.41, 5.74) is -0.783. The number of hydrogen-bond donors (Lipinski definition) is 1. The lowest BCUT2D eigenvalue weighted by atomic mass is 9.99. The van der Waals surface area contributed by atoms with Crippen LogP contribution in [0.4, 0.5) is 4.79 Å². The largest absolute Gasteiger partial charge is 0.491 e. The van der Waals surface area contributed by atoms with E-state index in [1.165, 1.54) is 13.2 Å². The summed E-state index contributed by atoms with van der Waals surface area (Å²) in [6.45, 7) is 3.00. The van der Waals surface area contributed by atoms with Crippen LogP contribution < -0.4 is 10.1 Å². The van der Waals surface area contributed by atoms with Crippen molar-refractivity contribution in [1.29, 1.82) is 0 Å². The molecule has 0 bridgehead atoms. The SMILES string of the molecule is CCCOc1cccnc1C(=O)N1CCC2(C1)NC(=O)N(C)C2=O. The molecule has 2 fully saturated rings. The minimum Gasteiger partial charge on any atom is -0.491 e. The van der Waals surface area contributed by atoms with Gasteiger partial charge in [-0.25, -0.2) is 9.78 Å². The number of carbonyl (C=O) groups excluding carboxylic acids is 3. The van der Waals surface area contributed by atoms with Crippen molar-refractivity contribution in [2.75, 3.05) is 26.7 Å². The molecule has 1 aromatic heterocycles. The third-order valence-corrected chi connectivity index (χ3v) is 4.36. The number of nitrogens with zero attached hydrogens (tertiary/aromatic N) is 3. The first-order chi connectivity index (χ1) is 11.5. The number of aromatic nitrogens is 1. The number of ether oxygens (including phenoxy) is 1. The van der Waals surface area contributed by atoms with Gasteiger partial charge in [0.25, 0.3) is 11.8 Å². The van der Waals surface area contributed by atoms with Gasteiger partial charge >= 0.3 is 6.03 Å². The zero-order valence-corrected chi connectivity index (χ0v) is 13.7. The van der Waals surface area contributed by atoms with Crippen molar-refractivity contribution in [2.24, 2.45) is 0 Å². The monoisotopic (exact) mass is 332 g/mol. The molecule has 8 nitrogen and oxygen atoms in total. The van der Waals surface area contributed by atoms with E-state index >= 15 is 0 Å². The number of nitrogens with one attached hydrogen (secondary N) is 1. The average Bonchev–Trinajstić information content (AvgIpc) is 3.11. The first-order valence-electron chi connectivity index (χ1n) is 7.96. The highest BCUT2D eigenvalue weighted by Crippen LogP contribution is 2.29. The predicted octanol–water partition coefficient (Wildman–Crippen LogP) is 0.637. The molecular formula is C16H20N4O4. The Balaban J connectivity index is 1.79. The molecule has 0 aromatic carbocycles. The number of imide groups is 1. The van der Waals surface area contributed by atoms with Crippen molar-refractivity contribution in [3.05, 3.63) is 24.0 Å². The van der Waals surface area contributed by atoms with E-state index in [1.807, 2.05) is 6.92 Å². The molecular weight excluding hydrogens is 312 g/mol. The average molecular weight is 332 g/mol. The molecule has 2 aliphatic heterocycles. The number of hydrogen-bond acceptors (Lipinski definition) is 5. The van der Waals surface area contributed by atoms with Crippen LogP contribution in [0.15, 0.2) is 18.3 Å². The second kappa shape index (κ2) is 6.10. The number of rotatable bonds is 4. The van der Waals surface area contributed by atoms with E-state index in [0.717, 1.165) is 11.3 Å². The number of likely N-dealkylation sites (tertiary alicyclic amines) is 1. The van der Waals surface area contributed by atoms with Crippen molar-refractivity contribution in [3.63, 3.8) is 0 Å². The summed E-state index contributed by atoms with van der Waals surface area (Å²) in [5, 5.41) is 2.71. The molecule has 2 saturated heterocycles. The number of pyridine rings is 1. The van der Waals surface area contributed by atoms with Gasteiger partial charge < -0.3 is 15.0 Å². The molecule has 3 rings (SSSR count). The van der Waals surface area contributed by atoms with E-state index in [4.69, 9.17) is 4.74 Å². The minimum absolute atomic E-state index is 0.143. The molecule has 128 valence electrons. The van der Waals surface area contributed by atoms with Crippen molar-refractivity contribution < 1.29 is 19.1 Å². The third kappa shape index (κ3) is 2.57. The predicted molar refractivity (Wildman–Crippen MR) is 84.6 cm³/mol. The van der Waals surface area contributed by atoms with Gasteiger partial charge in [0.15, 0.2) is 11.4 Å². The second-order valence-corrected chi connectivity index (χ2v) is 6.05. The first-order valence-corrected chi connectivity index (χ1v) is 7.96. The summed E-state index contributed by atoms with van der Waals surface area (Å²) in [6, 6.07) is 2.99. The Bertz CT molecular complexity index is 692. The van der Waals surface area contributed by atoms with Gasteiger partial charge in [-0.15, -0.1) is 0 Å². The second-order valence-electron chi connectivity index (χ2n) is 6.05. The van der Waals surface area contributed by atoms with Crippen LogP contribution in [0.2, 0.25) is 0 Å². The van der Waals surface area contributed by atoms with Crippen LogP contribution in [-0.2, 0) is 4.79 Å². The van der Waals surface area contributed by atoms with Gasteiger partial charge in [0.05, 0.1) is 13.2 Å². The van der Waals surface area contributed by atoms with Crippen LogP contribution in [0.5, 0.6) is 5.75 Å². The zero-order chi connectivity index (χ0) is 17.3. The lowest BCUT2D eigenvalue weighted by molar-refractivity contribution is -0.129. The lowest BCUT2D eigenvalue weighted by Crippen LogP contribution is -2.49. The highest BCUT2D eigenvalue weighted by molar-refractivity contribution is 6.08. The van der Waals surface area contributed by atoms with Gasteiger partial charge in [-0.2, -0.15) is 0 Å². The van der Waals surface area contributed by atoms with Gasteiger partial charge in [-0.1, -0.05) is 6.92 Å². The van der Waals surface area contributed by atoms with E-state index in [9.17, 15) is 14.4 Å². The first kappa shape index (κ1) is 16.2. The summed E-state index contributed by atoms with van der Waals surface area (Å²) >= 11 is 0. The van der Waals surface area contributed by atoms with Gasteiger partial charge in [-0.3, -0.25) is 14.5 Å². The number of urea groups is 1. The maximum Gasteiger partial charge on any atom is 0.324 e. The smallest absolute Gasteiger partial charge is 0.324 e. The fourth-order valence-electron chi connectivity index (χ4n) is 3.04. The summed E-state index contributed by atoms with van der Waals surface area (Å²) in [4.78, 5) is 43.6. The third-order valence-electron chi connectivity index (χ3n) is 4.36. The molecule has 1 spiro atoms. The maximum atomic E-state index is 12.8. The van der Waals surface area contributed by atoms with Crippen molar-refractivity contribution >= 4 is 17.8 Å². The maximum absolute atomic E-state index is 12.8. The summed E-state index contributed by atoms with van der Waals surface area (Å²) in [6.07, 6.45) is 2.75. The molecule has 24 heavy (non-hydrogen) atoms. The van der Waals surface area contributed by atoms with E-state index in [1.54, 1.807) is 17.0 Å². The Hall–Kier alpha value is -2.64. The van der Waals surface area contributed by atoms with E-state index < -0.39 is 11.6 Å². The number of likely N-dealkylation sites (N-methyl/N-ethyl adjacent to an activating group) is 1. The van der Waals surface area contributed by atoms with E-state index in [2.05, 4.69) is 10.3 Å². The molecule has 4 amide bonds. The highest BCUT2D eigenvalue weighted by atomic mass is 16.5. The molecule has 1 atom stereocenters. The van der Waals surface area contributed by atoms with Gasteiger partial charge in [0.2, 0.25) is 0 Å². The number of amides is 4. The highest BCUT2D eigenvalue weighted by Gasteiger charge is 2.54. The molecule has 0 aliphatic carbocycles. The molecule has 0 radical (unpaired) electrons. The topological polar surface area (TPSA) is 91.8 Å². The molecule has 8 heteroatoms. The van der Waals surface area contributed by atoms with Crippen LogP contribution in [0.1, 0.15) is 30.3 Å². The Kier molecular flexibility index (Phi) is 4.13. The summed E-state index contributed by atoms with van der Waals surface area (Å²) in [7, 11) is 1.44. The summed E-state index contributed by atoms with van der Waals surface area (Å²) < 4.78 is 5.58. The van der Waals surface area contributed by atoms with Gasteiger partial charge in [0.1, 0.15) is 5.54 Å². The van der Waals surface area contributed by atoms with Crippen LogP contribution in [0.3, 0.4) is 0 Å². The molecule has 1 aromatic rings. The van der Waals surface area contributed by atoms with Gasteiger partial charge in [-0.05, 0) is 25.0 Å². The molecule has 1 unspecified atom stereocenters. The fourth-order valence-corrected chi connectivity index (χ4v) is 3.04. The van der Waals surface area contributed by atoms with E-state index in [0.29, 0.717) is 25.3 Å². The molecule has 3 heterocycles. The van der Waals surface area contributed by atoms with Crippen LogP contribution in [-0.4, -0.2) is 64.9 Å². The minimum atomic E-state index is -1.01. The van der Waals surface area contributed by atoms with Crippen LogP contribution >= 0.6 is 0 Å². The quantitative estimate of drug-likeness (QED) is 0.817. The molecule has 2 aliphatic rings.